The summed E-state index contributed by atoms with van der Waals surface area (Å²) in [7, 11) is 0. The summed E-state index contributed by atoms with van der Waals surface area (Å²) in [5.74, 6) is 1.79. The maximum absolute atomic E-state index is 5.91. The number of rotatable bonds is 1. The van der Waals surface area contributed by atoms with E-state index in [1.807, 2.05) is 18.2 Å². The molecule has 3 heteroatoms. The topological polar surface area (TPSA) is 28.7 Å². The van der Waals surface area contributed by atoms with Gasteiger partial charge in [-0.3, -0.25) is 0 Å². The van der Waals surface area contributed by atoms with Gasteiger partial charge in [-0.15, -0.1) is 0 Å². The number of halogens is 1. The van der Waals surface area contributed by atoms with Gasteiger partial charge in [0.25, 0.3) is 0 Å². The Kier molecular flexibility index (Phi) is 1.77. The molecule has 1 aromatic heterocycles. The van der Waals surface area contributed by atoms with Crippen LogP contribution in [-0.4, -0.2) is 9.97 Å². The average Bonchev–Trinajstić information content (AvgIpc) is 2.43. The number of aromatic nitrogens is 2. The number of aromatic amines is 1. The van der Waals surface area contributed by atoms with Crippen LogP contribution in [0.3, 0.4) is 0 Å². The number of nitrogens with one attached hydrogen (secondary N) is 1. The number of hydrogen-bond acceptors (Lipinski definition) is 1. The highest BCUT2D eigenvalue weighted by Gasteiger charge is 2.22. The van der Waals surface area contributed by atoms with Crippen molar-refractivity contribution in [3.63, 3.8) is 0 Å². The third-order valence-electron chi connectivity index (χ3n) is 2.95. The van der Waals surface area contributed by atoms with Crippen LogP contribution >= 0.6 is 11.6 Å². The summed E-state index contributed by atoms with van der Waals surface area (Å²) in [6.45, 7) is 0. The molecule has 1 fully saturated rings. The molecular weight excluding hydrogens is 196 g/mol. The third-order valence-corrected chi connectivity index (χ3v) is 3.19. The van der Waals surface area contributed by atoms with E-state index in [1.54, 1.807) is 0 Å². The van der Waals surface area contributed by atoms with Crippen molar-refractivity contribution >= 4 is 22.6 Å². The standard InChI is InChI=1S/C11H11ClN2/c12-8-4-5-9-10(6-8)14-11(13-9)7-2-1-3-7/h4-7H,1-3H2,(H,13,14). The highest BCUT2D eigenvalue weighted by molar-refractivity contribution is 6.31. The molecule has 14 heavy (non-hydrogen) atoms. The van der Waals surface area contributed by atoms with Crippen LogP contribution in [0.2, 0.25) is 5.02 Å². The second-order valence-electron chi connectivity index (χ2n) is 3.91. The normalized spacial score (nSPS) is 17.2. The Labute approximate surface area is 87.3 Å². The Morgan fingerprint density at radius 1 is 1.36 bits per heavy atom. The van der Waals surface area contributed by atoms with Gasteiger partial charge in [0.1, 0.15) is 5.82 Å². The summed E-state index contributed by atoms with van der Waals surface area (Å²) in [6, 6.07) is 5.79. The number of nitrogens with zero attached hydrogens (tertiary/aromatic N) is 1. The van der Waals surface area contributed by atoms with Crippen LogP contribution in [0, 0.1) is 0 Å². The smallest absolute Gasteiger partial charge is 0.110 e. The summed E-state index contributed by atoms with van der Waals surface area (Å²) in [5, 5.41) is 0.765. The van der Waals surface area contributed by atoms with Crippen LogP contribution in [0.15, 0.2) is 18.2 Å². The monoisotopic (exact) mass is 206 g/mol. The summed E-state index contributed by atoms with van der Waals surface area (Å²) in [4.78, 5) is 7.90. The lowest BCUT2D eigenvalue weighted by atomic mass is 9.85. The van der Waals surface area contributed by atoms with E-state index in [2.05, 4.69) is 9.97 Å². The first-order chi connectivity index (χ1) is 6.83. The molecule has 0 bridgehead atoms. The fourth-order valence-electron chi connectivity index (χ4n) is 1.88. The van der Waals surface area contributed by atoms with Gasteiger partial charge < -0.3 is 4.98 Å². The molecule has 1 aromatic carbocycles. The lowest BCUT2D eigenvalue weighted by Crippen LogP contribution is -2.10. The number of H-pyrrole nitrogens is 1. The molecule has 0 amide bonds. The van der Waals surface area contributed by atoms with Crippen molar-refractivity contribution in [1.29, 1.82) is 0 Å². The maximum Gasteiger partial charge on any atom is 0.110 e. The summed E-state index contributed by atoms with van der Waals surface area (Å²) >= 11 is 5.91. The number of benzene rings is 1. The SMILES string of the molecule is Clc1ccc2nc(C3CCC3)[nH]c2c1. The molecule has 1 saturated carbocycles. The summed E-state index contributed by atoms with van der Waals surface area (Å²) in [6.07, 6.45) is 3.88. The predicted octanol–water partition coefficient (Wildman–Crippen LogP) is 3.48. The highest BCUT2D eigenvalue weighted by atomic mass is 35.5. The minimum Gasteiger partial charge on any atom is -0.342 e. The van der Waals surface area contributed by atoms with E-state index in [0.29, 0.717) is 5.92 Å². The molecule has 1 N–H and O–H groups in total. The van der Waals surface area contributed by atoms with Crippen molar-refractivity contribution in [2.75, 3.05) is 0 Å². The molecule has 0 saturated heterocycles. The molecule has 1 heterocycles. The van der Waals surface area contributed by atoms with Crippen LogP contribution in [0.1, 0.15) is 31.0 Å². The Bertz CT molecular complexity index is 471. The largest absolute Gasteiger partial charge is 0.342 e. The third kappa shape index (κ3) is 1.22. The quantitative estimate of drug-likeness (QED) is 0.761. The van der Waals surface area contributed by atoms with Gasteiger partial charge in [0, 0.05) is 10.9 Å². The zero-order chi connectivity index (χ0) is 9.54. The van der Waals surface area contributed by atoms with Gasteiger partial charge in [-0.1, -0.05) is 18.0 Å². The van der Waals surface area contributed by atoms with E-state index >= 15 is 0 Å². The molecule has 0 atom stereocenters. The van der Waals surface area contributed by atoms with Crippen molar-refractivity contribution in [1.82, 2.24) is 9.97 Å². The van der Waals surface area contributed by atoms with E-state index in [-0.39, 0.29) is 0 Å². The van der Waals surface area contributed by atoms with Crippen LogP contribution in [0.5, 0.6) is 0 Å². The van der Waals surface area contributed by atoms with E-state index in [9.17, 15) is 0 Å². The highest BCUT2D eigenvalue weighted by Crippen LogP contribution is 2.35. The van der Waals surface area contributed by atoms with Gasteiger partial charge in [0.05, 0.1) is 11.0 Å². The Morgan fingerprint density at radius 3 is 2.93 bits per heavy atom. The van der Waals surface area contributed by atoms with Crippen LogP contribution in [0.4, 0.5) is 0 Å². The Balaban J connectivity index is 2.10. The molecule has 0 radical (unpaired) electrons. The van der Waals surface area contributed by atoms with Gasteiger partial charge in [-0.05, 0) is 31.0 Å². The Morgan fingerprint density at radius 2 is 2.21 bits per heavy atom. The summed E-state index contributed by atoms with van der Waals surface area (Å²) in [5.41, 5.74) is 2.08. The molecule has 0 unspecified atom stereocenters. The van der Waals surface area contributed by atoms with Gasteiger partial charge in [-0.2, -0.15) is 0 Å². The molecule has 0 aliphatic heterocycles. The summed E-state index contributed by atoms with van der Waals surface area (Å²) < 4.78 is 0. The second-order valence-corrected chi connectivity index (χ2v) is 4.35. The van der Waals surface area contributed by atoms with Crippen molar-refractivity contribution in [2.45, 2.75) is 25.2 Å². The van der Waals surface area contributed by atoms with Crippen LogP contribution in [-0.2, 0) is 0 Å². The molecule has 2 nitrogen and oxygen atoms in total. The fourth-order valence-corrected chi connectivity index (χ4v) is 2.05. The first kappa shape index (κ1) is 8.30. The van der Waals surface area contributed by atoms with E-state index in [0.717, 1.165) is 21.9 Å². The lowest BCUT2D eigenvalue weighted by molar-refractivity contribution is 0.405. The number of imidazole rings is 1. The van der Waals surface area contributed by atoms with E-state index < -0.39 is 0 Å². The molecule has 1 aliphatic rings. The van der Waals surface area contributed by atoms with E-state index in [1.165, 1.54) is 19.3 Å². The van der Waals surface area contributed by atoms with Gasteiger partial charge in [0.15, 0.2) is 0 Å². The molecule has 72 valence electrons. The second kappa shape index (κ2) is 2.99. The maximum atomic E-state index is 5.91. The number of hydrogen-bond donors (Lipinski definition) is 1. The van der Waals surface area contributed by atoms with Gasteiger partial charge in [0.2, 0.25) is 0 Å². The minimum absolute atomic E-state index is 0.654. The van der Waals surface area contributed by atoms with Gasteiger partial charge in [-0.25, -0.2) is 4.98 Å². The molecule has 3 rings (SSSR count). The zero-order valence-corrected chi connectivity index (χ0v) is 8.51. The molecule has 1 aliphatic carbocycles. The van der Waals surface area contributed by atoms with Crippen molar-refractivity contribution in [3.05, 3.63) is 29.0 Å². The van der Waals surface area contributed by atoms with Crippen LogP contribution in [0.25, 0.3) is 11.0 Å². The lowest BCUT2D eigenvalue weighted by Gasteiger charge is -2.22. The minimum atomic E-state index is 0.654. The Hall–Kier alpha value is -1.02. The first-order valence-corrected chi connectivity index (χ1v) is 5.36. The van der Waals surface area contributed by atoms with Gasteiger partial charge >= 0.3 is 0 Å². The average molecular weight is 207 g/mol. The molecule has 2 aromatic rings. The van der Waals surface area contributed by atoms with Crippen molar-refractivity contribution in [2.24, 2.45) is 0 Å². The van der Waals surface area contributed by atoms with Crippen molar-refractivity contribution in [3.8, 4) is 0 Å². The van der Waals surface area contributed by atoms with Crippen molar-refractivity contribution < 1.29 is 0 Å². The fraction of sp³-hybridized carbons (Fsp3) is 0.364. The predicted molar refractivity (Wildman–Crippen MR) is 57.7 cm³/mol. The number of fused-ring (bicyclic) bond motifs is 1. The van der Waals surface area contributed by atoms with E-state index in [4.69, 9.17) is 11.6 Å². The zero-order valence-electron chi connectivity index (χ0n) is 7.76. The molecular formula is C11H11ClN2. The van der Waals surface area contributed by atoms with Crippen LogP contribution < -0.4 is 0 Å². The molecule has 0 spiro atoms. The first-order valence-electron chi connectivity index (χ1n) is 4.98.